The van der Waals surface area contributed by atoms with Crippen molar-refractivity contribution in [2.45, 2.75) is 46.5 Å². The van der Waals surface area contributed by atoms with Gasteiger partial charge in [-0.05, 0) is 25.7 Å². The van der Waals surface area contributed by atoms with E-state index in [2.05, 4.69) is 13.8 Å². The van der Waals surface area contributed by atoms with Gasteiger partial charge in [0.1, 0.15) is 0 Å². The lowest BCUT2D eigenvalue weighted by atomic mass is 9.97. The monoisotopic (exact) mass is 184 g/mol. The molecule has 0 aliphatic rings. The molecule has 0 spiro atoms. The molecule has 1 N–H and O–H groups in total. The molecule has 1 atom stereocenters. The van der Waals surface area contributed by atoms with Gasteiger partial charge in [0.05, 0.1) is 0 Å². The highest BCUT2D eigenvalue weighted by molar-refractivity contribution is 5.85. The van der Waals surface area contributed by atoms with Gasteiger partial charge in [-0.1, -0.05) is 32.8 Å². The molecule has 0 bridgehead atoms. The Bertz CT molecular complexity index is 183. The number of rotatable bonds is 6. The van der Waals surface area contributed by atoms with Gasteiger partial charge >= 0.3 is 5.97 Å². The van der Waals surface area contributed by atoms with Crippen molar-refractivity contribution in [1.29, 1.82) is 0 Å². The first kappa shape index (κ1) is 12.2. The van der Waals surface area contributed by atoms with Crippen LogP contribution >= 0.6 is 0 Å². The van der Waals surface area contributed by atoms with Gasteiger partial charge in [-0.25, -0.2) is 4.79 Å². The Labute approximate surface area is 80.7 Å². The van der Waals surface area contributed by atoms with Crippen LogP contribution in [0.2, 0.25) is 0 Å². The molecule has 0 aromatic heterocycles. The highest BCUT2D eigenvalue weighted by Crippen LogP contribution is 2.15. The topological polar surface area (TPSA) is 37.3 Å². The molecule has 0 radical (unpaired) electrons. The normalized spacial score (nSPS) is 14.2. The van der Waals surface area contributed by atoms with Crippen LogP contribution in [0.5, 0.6) is 0 Å². The Kier molecular flexibility index (Phi) is 6.29. The van der Waals surface area contributed by atoms with Gasteiger partial charge in [-0.2, -0.15) is 0 Å². The van der Waals surface area contributed by atoms with Crippen molar-refractivity contribution < 1.29 is 9.90 Å². The Morgan fingerprint density at radius 1 is 1.46 bits per heavy atom. The van der Waals surface area contributed by atoms with E-state index in [-0.39, 0.29) is 0 Å². The van der Waals surface area contributed by atoms with E-state index in [1.165, 1.54) is 12.8 Å². The molecule has 13 heavy (non-hydrogen) atoms. The summed E-state index contributed by atoms with van der Waals surface area (Å²) in [7, 11) is 0. The van der Waals surface area contributed by atoms with Gasteiger partial charge < -0.3 is 5.11 Å². The summed E-state index contributed by atoms with van der Waals surface area (Å²) in [5.41, 5.74) is 0.475. The van der Waals surface area contributed by atoms with Crippen LogP contribution in [0.4, 0.5) is 0 Å². The van der Waals surface area contributed by atoms with Crippen LogP contribution < -0.4 is 0 Å². The molecule has 0 aliphatic heterocycles. The first-order valence-electron chi connectivity index (χ1n) is 5.03. The Hall–Kier alpha value is -0.790. The number of carboxylic acids is 1. The largest absolute Gasteiger partial charge is 0.478 e. The standard InChI is InChI=1S/C11H20O2/c1-4-6-7-10(5-2)8-9(3)11(12)13/h8,10H,4-7H2,1-3H3,(H,12,13)/b9-8+/t10-/m1/s1. The van der Waals surface area contributed by atoms with Crippen LogP contribution in [0, 0.1) is 5.92 Å². The molecular weight excluding hydrogens is 164 g/mol. The maximum atomic E-state index is 10.6. The van der Waals surface area contributed by atoms with Crippen LogP contribution in [0.25, 0.3) is 0 Å². The van der Waals surface area contributed by atoms with E-state index in [4.69, 9.17) is 5.11 Å². The third kappa shape index (κ3) is 5.45. The van der Waals surface area contributed by atoms with Crippen molar-refractivity contribution in [3.63, 3.8) is 0 Å². The second kappa shape index (κ2) is 6.70. The van der Waals surface area contributed by atoms with Crippen molar-refractivity contribution in [2.24, 2.45) is 5.92 Å². The van der Waals surface area contributed by atoms with Crippen molar-refractivity contribution in [1.82, 2.24) is 0 Å². The Morgan fingerprint density at radius 3 is 2.46 bits per heavy atom. The molecule has 0 aromatic rings. The van der Waals surface area contributed by atoms with Crippen molar-refractivity contribution in [3.05, 3.63) is 11.6 Å². The van der Waals surface area contributed by atoms with Gasteiger partial charge in [0, 0.05) is 5.57 Å². The fourth-order valence-electron chi connectivity index (χ4n) is 1.30. The number of allylic oxidation sites excluding steroid dienone is 1. The molecule has 76 valence electrons. The first-order valence-corrected chi connectivity index (χ1v) is 5.03. The lowest BCUT2D eigenvalue weighted by Crippen LogP contribution is -2.01. The summed E-state index contributed by atoms with van der Waals surface area (Å²) < 4.78 is 0. The average molecular weight is 184 g/mol. The van der Waals surface area contributed by atoms with Crippen molar-refractivity contribution >= 4 is 5.97 Å². The summed E-state index contributed by atoms with van der Waals surface area (Å²) >= 11 is 0. The van der Waals surface area contributed by atoms with Gasteiger partial charge in [-0.3, -0.25) is 0 Å². The summed E-state index contributed by atoms with van der Waals surface area (Å²) in [4.78, 5) is 10.6. The minimum absolute atomic E-state index is 0.441. The molecule has 0 rings (SSSR count). The van der Waals surface area contributed by atoms with Crippen LogP contribution in [0.1, 0.15) is 46.5 Å². The fourth-order valence-corrected chi connectivity index (χ4v) is 1.30. The number of carbonyl (C=O) groups is 1. The maximum Gasteiger partial charge on any atom is 0.330 e. The summed E-state index contributed by atoms with van der Waals surface area (Å²) in [5, 5.41) is 8.68. The van der Waals surface area contributed by atoms with E-state index in [0.29, 0.717) is 11.5 Å². The lowest BCUT2D eigenvalue weighted by molar-refractivity contribution is -0.132. The number of carboxylic acid groups (broad SMARTS) is 1. The van der Waals surface area contributed by atoms with E-state index in [0.717, 1.165) is 12.8 Å². The van der Waals surface area contributed by atoms with Gasteiger partial charge in [-0.15, -0.1) is 0 Å². The Morgan fingerprint density at radius 2 is 2.08 bits per heavy atom. The van der Waals surface area contributed by atoms with E-state index in [1.54, 1.807) is 6.92 Å². The molecule has 0 unspecified atom stereocenters. The van der Waals surface area contributed by atoms with E-state index >= 15 is 0 Å². The quantitative estimate of drug-likeness (QED) is 0.643. The van der Waals surface area contributed by atoms with Crippen LogP contribution in [-0.2, 0) is 4.79 Å². The van der Waals surface area contributed by atoms with Crippen LogP contribution in [0.3, 0.4) is 0 Å². The lowest BCUT2D eigenvalue weighted by Gasteiger charge is -2.09. The average Bonchev–Trinajstić information content (AvgIpc) is 2.11. The number of hydrogen-bond donors (Lipinski definition) is 1. The number of aliphatic carboxylic acids is 1. The molecule has 0 fully saturated rings. The summed E-state index contributed by atoms with van der Waals surface area (Å²) in [5.74, 6) is -0.356. The fraction of sp³-hybridized carbons (Fsp3) is 0.727. The molecule has 0 heterocycles. The molecular formula is C11H20O2. The minimum Gasteiger partial charge on any atom is -0.478 e. The summed E-state index contributed by atoms with van der Waals surface area (Å²) in [6, 6.07) is 0. The zero-order valence-electron chi connectivity index (χ0n) is 8.84. The van der Waals surface area contributed by atoms with Crippen molar-refractivity contribution in [3.8, 4) is 0 Å². The minimum atomic E-state index is -0.796. The van der Waals surface area contributed by atoms with Crippen LogP contribution in [-0.4, -0.2) is 11.1 Å². The Balaban J connectivity index is 4.09. The zero-order valence-corrected chi connectivity index (χ0v) is 8.84. The van der Waals surface area contributed by atoms with Crippen molar-refractivity contribution in [2.75, 3.05) is 0 Å². The molecule has 0 saturated carbocycles. The number of unbranched alkanes of at least 4 members (excludes halogenated alkanes) is 1. The van der Waals surface area contributed by atoms with E-state index in [9.17, 15) is 4.79 Å². The molecule has 2 nitrogen and oxygen atoms in total. The smallest absolute Gasteiger partial charge is 0.330 e. The predicted octanol–water partition coefficient (Wildman–Crippen LogP) is 3.23. The highest BCUT2D eigenvalue weighted by atomic mass is 16.4. The zero-order chi connectivity index (χ0) is 10.3. The summed E-state index contributed by atoms with van der Waals surface area (Å²) in [6.45, 7) is 5.92. The maximum absolute atomic E-state index is 10.6. The van der Waals surface area contributed by atoms with Gasteiger partial charge in [0.15, 0.2) is 0 Å². The van der Waals surface area contributed by atoms with Gasteiger partial charge in [0.2, 0.25) is 0 Å². The number of hydrogen-bond acceptors (Lipinski definition) is 1. The van der Waals surface area contributed by atoms with Gasteiger partial charge in [0.25, 0.3) is 0 Å². The second-order valence-electron chi connectivity index (χ2n) is 3.47. The second-order valence-corrected chi connectivity index (χ2v) is 3.47. The molecule has 2 heteroatoms. The molecule has 0 aliphatic carbocycles. The predicted molar refractivity (Wildman–Crippen MR) is 54.7 cm³/mol. The summed E-state index contributed by atoms with van der Waals surface area (Å²) in [6.07, 6.45) is 6.39. The molecule has 0 aromatic carbocycles. The van der Waals surface area contributed by atoms with E-state index < -0.39 is 5.97 Å². The molecule has 0 amide bonds. The SMILES string of the molecule is CCCC[C@H](/C=C(\C)C(=O)O)CC. The third-order valence-corrected chi connectivity index (χ3v) is 2.28. The van der Waals surface area contributed by atoms with E-state index in [1.807, 2.05) is 6.08 Å². The third-order valence-electron chi connectivity index (χ3n) is 2.28. The highest BCUT2D eigenvalue weighted by Gasteiger charge is 2.06. The first-order chi connectivity index (χ1) is 6.11. The molecule has 0 saturated heterocycles. The van der Waals surface area contributed by atoms with Crippen LogP contribution in [0.15, 0.2) is 11.6 Å².